The number of aryl methyl sites for hydroxylation is 1. The van der Waals surface area contributed by atoms with Gasteiger partial charge >= 0.3 is 0 Å². The number of rotatable bonds is 3. The Balaban J connectivity index is 1.92. The number of thiophene rings is 1. The normalized spacial score (nSPS) is 10.6. The minimum atomic E-state index is -0.244. The second-order valence-electron chi connectivity index (χ2n) is 4.54. The van der Waals surface area contributed by atoms with Gasteiger partial charge in [-0.1, -0.05) is 18.2 Å². The summed E-state index contributed by atoms with van der Waals surface area (Å²) in [6.07, 6.45) is 3.24. The van der Waals surface area contributed by atoms with Crippen LogP contribution in [0.2, 0.25) is 0 Å². The monoisotopic (exact) mass is 316 g/mol. The third-order valence-corrected chi connectivity index (χ3v) is 4.07. The highest BCUT2D eigenvalue weighted by atomic mass is 32.1. The number of benzene rings is 1. The van der Waals surface area contributed by atoms with Gasteiger partial charge in [0.2, 0.25) is 5.91 Å². The molecule has 0 aliphatic heterocycles. The topological polar surface area (TPSA) is 41.1 Å². The van der Waals surface area contributed by atoms with Gasteiger partial charge in [0.25, 0.3) is 0 Å². The van der Waals surface area contributed by atoms with Crippen molar-refractivity contribution in [3.63, 3.8) is 0 Å². The molecule has 0 unspecified atom stereocenters. The van der Waals surface area contributed by atoms with Crippen molar-refractivity contribution in [2.24, 2.45) is 0 Å². The fourth-order valence-corrected chi connectivity index (χ4v) is 2.57. The summed E-state index contributed by atoms with van der Waals surface area (Å²) in [6, 6.07) is 9.80. The maximum Gasteiger partial charge on any atom is 0.250 e. The minimum Gasteiger partial charge on any atom is -0.332 e. The third kappa shape index (κ3) is 4.51. The van der Waals surface area contributed by atoms with Crippen LogP contribution in [0, 0.1) is 13.8 Å². The van der Waals surface area contributed by atoms with Crippen LogP contribution in [0.1, 0.15) is 16.0 Å². The number of carbonyl (C=O) groups is 1. The lowest BCUT2D eigenvalue weighted by Gasteiger charge is -2.12. The summed E-state index contributed by atoms with van der Waals surface area (Å²) in [5.41, 5.74) is 3.19. The molecule has 1 heterocycles. The SMILES string of the molecule is Cc1cccc(NC(=S)NC(=O)C=Cc2cccs2)c1C. The van der Waals surface area contributed by atoms with E-state index < -0.39 is 0 Å². The zero-order valence-electron chi connectivity index (χ0n) is 11.8. The molecular formula is C16H16N2OS2. The van der Waals surface area contributed by atoms with Crippen LogP contribution in [0.15, 0.2) is 41.8 Å². The lowest BCUT2D eigenvalue weighted by molar-refractivity contribution is -0.115. The lowest BCUT2D eigenvalue weighted by atomic mass is 10.1. The van der Waals surface area contributed by atoms with Crippen molar-refractivity contribution >= 4 is 46.3 Å². The van der Waals surface area contributed by atoms with E-state index in [-0.39, 0.29) is 5.91 Å². The van der Waals surface area contributed by atoms with Gasteiger partial charge < -0.3 is 5.32 Å². The quantitative estimate of drug-likeness (QED) is 0.667. The standard InChI is InChI=1S/C16H16N2OS2/c1-11-5-3-7-14(12(11)2)17-16(20)18-15(19)9-8-13-6-4-10-21-13/h3-10H,1-2H3,(H2,17,18,19,20). The smallest absolute Gasteiger partial charge is 0.250 e. The van der Waals surface area contributed by atoms with Gasteiger partial charge in [-0.25, -0.2) is 0 Å². The Hall–Kier alpha value is -1.98. The molecule has 0 saturated carbocycles. The summed E-state index contributed by atoms with van der Waals surface area (Å²) in [6.45, 7) is 4.05. The van der Waals surface area contributed by atoms with E-state index in [1.807, 2.05) is 49.6 Å². The number of hydrogen-bond acceptors (Lipinski definition) is 3. The van der Waals surface area contributed by atoms with E-state index in [4.69, 9.17) is 12.2 Å². The Morgan fingerprint density at radius 2 is 2.05 bits per heavy atom. The number of thiocarbonyl (C=S) groups is 1. The van der Waals surface area contributed by atoms with E-state index in [9.17, 15) is 4.79 Å². The summed E-state index contributed by atoms with van der Waals surface area (Å²) in [5.74, 6) is -0.244. The first-order valence-corrected chi connectivity index (χ1v) is 7.75. The zero-order chi connectivity index (χ0) is 15.2. The fraction of sp³-hybridized carbons (Fsp3) is 0.125. The Labute approximate surface area is 133 Å². The molecule has 0 saturated heterocycles. The summed E-state index contributed by atoms with van der Waals surface area (Å²) < 4.78 is 0. The van der Waals surface area contributed by atoms with Crippen molar-refractivity contribution in [1.82, 2.24) is 5.32 Å². The van der Waals surface area contributed by atoms with E-state index >= 15 is 0 Å². The molecule has 21 heavy (non-hydrogen) atoms. The molecule has 1 aromatic heterocycles. The molecule has 0 spiro atoms. The molecule has 0 aliphatic carbocycles. The van der Waals surface area contributed by atoms with Crippen LogP contribution in [0.4, 0.5) is 5.69 Å². The summed E-state index contributed by atoms with van der Waals surface area (Å²) >= 11 is 6.73. The van der Waals surface area contributed by atoms with E-state index in [2.05, 4.69) is 10.6 Å². The predicted molar refractivity (Wildman–Crippen MR) is 93.6 cm³/mol. The molecule has 0 bridgehead atoms. The largest absolute Gasteiger partial charge is 0.332 e. The van der Waals surface area contributed by atoms with Gasteiger partial charge in [-0.2, -0.15) is 0 Å². The molecule has 0 atom stereocenters. The number of amides is 1. The van der Waals surface area contributed by atoms with Gasteiger partial charge in [-0.05, 0) is 60.8 Å². The van der Waals surface area contributed by atoms with Crippen molar-refractivity contribution in [2.75, 3.05) is 5.32 Å². The molecule has 1 amide bonds. The Kier molecular flexibility index (Phi) is 5.25. The highest BCUT2D eigenvalue weighted by molar-refractivity contribution is 7.80. The summed E-state index contributed by atoms with van der Waals surface area (Å²) in [5, 5.41) is 7.94. The van der Waals surface area contributed by atoms with Gasteiger partial charge in [-0.15, -0.1) is 11.3 Å². The maximum absolute atomic E-state index is 11.8. The van der Waals surface area contributed by atoms with Crippen LogP contribution >= 0.6 is 23.6 Å². The van der Waals surface area contributed by atoms with E-state index in [1.165, 1.54) is 11.6 Å². The van der Waals surface area contributed by atoms with Crippen LogP contribution in [0.3, 0.4) is 0 Å². The predicted octanol–water partition coefficient (Wildman–Crippen LogP) is 3.89. The molecule has 1 aromatic carbocycles. The van der Waals surface area contributed by atoms with Crippen LogP contribution in [0.5, 0.6) is 0 Å². The van der Waals surface area contributed by atoms with E-state index in [1.54, 1.807) is 17.4 Å². The molecular weight excluding hydrogens is 300 g/mol. The lowest BCUT2D eigenvalue weighted by Crippen LogP contribution is -2.33. The molecule has 3 nitrogen and oxygen atoms in total. The molecule has 0 radical (unpaired) electrons. The highest BCUT2D eigenvalue weighted by Gasteiger charge is 2.04. The second kappa shape index (κ2) is 7.15. The van der Waals surface area contributed by atoms with Crippen molar-refractivity contribution in [2.45, 2.75) is 13.8 Å². The minimum absolute atomic E-state index is 0.244. The molecule has 2 aromatic rings. The Bertz CT molecular complexity index is 676. The van der Waals surface area contributed by atoms with E-state index in [0.717, 1.165) is 16.1 Å². The Morgan fingerprint density at radius 3 is 2.76 bits per heavy atom. The molecule has 108 valence electrons. The molecule has 0 aliphatic rings. The van der Waals surface area contributed by atoms with Gasteiger partial charge in [-0.3, -0.25) is 10.1 Å². The first-order chi connectivity index (χ1) is 10.1. The van der Waals surface area contributed by atoms with Crippen LogP contribution < -0.4 is 10.6 Å². The van der Waals surface area contributed by atoms with Crippen molar-refractivity contribution in [3.05, 3.63) is 57.8 Å². The maximum atomic E-state index is 11.8. The molecule has 0 fully saturated rings. The number of nitrogens with one attached hydrogen (secondary N) is 2. The van der Waals surface area contributed by atoms with Gasteiger partial charge in [0, 0.05) is 16.6 Å². The third-order valence-electron chi connectivity index (χ3n) is 3.03. The first-order valence-electron chi connectivity index (χ1n) is 6.46. The van der Waals surface area contributed by atoms with Gasteiger partial charge in [0.1, 0.15) is 0 Å². The molecule has 2 rings (SSSR count). The highest BCUT2D eigenvalue weighted by Crippen LogP contribution is 2.17. The number of hydrogen-bond donors (Lipinski definition) is 2. The van der Waals surface area contributed by atoms with Crippen LogP contribution in [-0.4, -0.2) is 11.0 Å². The fourth-order valence-electron chi connectivity index (χ4n) is 1.74. The first kappa shape index (κ1) is 15.4. The van der Waals surface area contributed by atoms with Gasteiger partial charge in [0.15, 0.2) is 5.11 Å². The van der Waals surface area contributed by atoms with Crippen molar-refractivity contribution < 1.29 is 4.79 Å². The molecule has 2 N–H and O–H groups in total. The van der Waals surface area contributed by atoms with Crippen LogP contribution in [0.25, 0.3) is 6.08 Å². The zero-order valence-corrected chi connectivity index (χ0v) is 13.5. The van der Waals surface area contributed by atoms with Crippen LogP contribution in [-0.2, 0) is 4.79 Å². The second-order valence-corrected chi connectivity index (χ2v) is 5.93. The average Bonchev–Trinajstić information content (AvgIpc) is 2.95. The molecule has 5 heteroatoms. The summed E-state index contributed by atoms with van der Waals surface area (Å²) in [4.78, 5) is 12.8. The van der Waals surface area contributed by atoms with Crippen molar-refractivity contribution in [3.8, 4) is 0 Å². The summed E-state index contributed by atoms with van der Waals surface area (Å²) in [7, 11) is 0. The number of anilines is 1. The number of carbonyl (C=O) groups excluding carboxylic acids is 1. The average molecular weight is 316 g/mol. The van der Waals surface area contributed by atoms with E-state index in [0.29, 0.717) is 5.11 Å². The Morgan fingerprint density at radius 1 is 1.24 bits per heavy atom. The van der Waals surface area contributed by atoms with Crippen molar-refractivity contribution in [1.29, 1.82) is 0 Å². The van der Waals surface area contributed by atoms with Gasteiger partial charge in [0.05, 0.1) is 0 Å².